The van der Waals surface area contributed by atoms with Crippen molar-refractivity contribution in [1.29, 1.82) is 0 Å². The zero-order valence-electron chi connectivity index (χ0n) is 21.9. The van der Waals surface area contributed by atoms with Crippen LogP contribution < -0.4 is 18.9 Å². The Kier molecular flexibility index (Phi) is 8.67. The first-order valence-corrected chi connectivity index (χ1v) is 13.4. The van der Waals surface area contributed by atoms with E-state index < -0.39 is 21.6 Å². The number of sulfonamides is 1. The molecule has 0 radical (unpaired) electrons. The minimum atomic E-state index is -4.03. The molecule has 0 N–H and O–H groups in total. The number of aromatic nitrogens is 2. The fraction of sp³-hybridized carbons (Fsp3) is 0.259. The van der Waals surface area contributed by atoms with E-state index in [9.17, 15) is 12.8 Å². The highest BCUT2D eigenvalue weighted by Gasteiger charge is 2.28. The van der Waals surface area contributed by atoms with Crippen LogP contribution in [0.25, 0.3) is 11.4 Å². The Labute approximate surface area is 225 Å². The van der Waals surface area contributed by atoms with E-state index >= 15 is 0 Å². The van der Waals surface area contributed by atoms with Crippen LogP contribution in [0.3, 0.4) is 0 Å². The fourth-order valence-electron chi connectivity index (χ4n) is 3.87. The van der Waals surface area contributed by atoms with E-state index in [-0.39, 0.29) is 24.8 Å². The summed E-state index contributed by atoms with van der Waals surface area (Å²) in [5.74, 6) is 1.15. The van der Waals surface area contributed by atoms with E-state index in [1.807, 2.05) is 0 Å². The lowest BCUT2D eigenvalue weighted by Gasteiger charge is -2.24. The van der Waals surface area contributed by atoms with Crippen LogP contribution in [0.2, 0.25) is 0 Å². The molecule has 0 spiro atoms. The number of methoxy groups -OCH3 is 4. The fourth-order valence-corrected chi connectivity index (χ4v) is 5.16. The molecule has 10 nitrogen and oxygen atoms in total. The monoisotopic (exact) mass is 557 g/mol. The van der Waals surface area contributed by atoms with Crippen LogP contribution in [-0.2, 0) is 28.9 Å². The van der Waals surface area contributed by atoms with Gasteiger partial charge in [-0.1, -0.05) is 17.3 Å². The van der Waals surface area contributed by atoms with Crippen molar-refractivity contribution in [1.82, 2.24) is 14.4 Å². The Bertz CT molecular complexity index is 1470. The third-order valence-corrected chi connectivity index (χ3v) is 7.61. The molecule has 1 aromatic heterocycles. The molecule has 1 heterocycles. The van der Waals surface area contributed by atoms with Crippen molar-refractivity contribution in [3.8, 4) is 34.4 Å². The lowest BCUT2D eigenvalue weighted by Crippen LogP contribution is -2.31. The summed E-state index contributed by atoms with van der Waals surface area (Å²) in [7, 11) is 2.04. The summed E-state index contributed by atoms with van der Waals surface area (Å²) in [6.07, 6.45) is 0. The lowest BCUT2D eigenvalue weighted by molar-refractivity contribution is 0.352. The van der Waals surface area contributed by atoms with E-state index in [4.69, 9.17) is 23.5 Å². The van der Waals surface area contributed by atoms with Crippen LogP contribution in [0.4, 0.5) is 4.39 Å². The summed E-state index contributed by atoms with van der Waals surface area (Å²) in [4.78, 5) is 4.22. The number of benzene rings is 3. The van der Waals surface area contributed by atoms with Crippen LogP contribution in [-0.4, -0.2) is 51.3 Å². The molecular formula is C27H28FN3O7S. The first kappa shape index (κ1) is 27.9. The summed E-state index contributed by atoms with van der Waals surface area (Å²) in [6.45, 7) is -0.0483. The molecule has 0 saturated heterocycles. The lowest BCUT2D eigenvalue weighted by atomic mass is 10.1. The van der Waals surface area contributed by atoms with Gasteiger partial charge < -0.3 is 23.5 Å². The first-order valence-electron chi connectivity index (χ1n) is 11.7. The van der Waals surface area contributed by atoms with Gasteiger partial charge in [0.15, 0.2) is 0 Å². The minimum absolute atomic E-state index is 0.0242. The number of halogens is 1. The van der Waals surface area contributed by atoms with Gasteiger partial charge in [-0.3, -0.25) is 0 Å². The molecule has 206 valence electrons. The van der Waals surface area contributed by atoms with Gasteiger partial charge in [0.05, 0.1) is 28.4 Å². The Morgan fingerprint density at radius 3 is 1.82 bits per heavy atom. The van der Waals surface area contributed by atoms with Gasteiger partial charge in [-0.2, -0.15) is 9.29 Å². The predicted octanol–water partition coefficient (Wildman–Crippen LogP) is 4.44. The Balaban J connectivity index is 1.67. The van der Waals surface area contributed by atoms with Crippen molar-refractivity contribution >= 4 is 10.0 Å². The van der Waals surface area contributed by atoms with Crippen molar-refractivity contribution < 1.29 is 36.3 Å². The van der Waals surface area contributed by atoms with Crippen LogP contribution in [0.15, 0.2) is 65.2 Å². The summed E-state index contributed by atoms with van der Waals surface area (Å²) >= 11 is 0. The van der Waals surface area contributed by atoms with Crippen molar-refractivity contribution in [3.63, 3.8) is 0 Å². The maximum atomic E-state index is 13.8. The number of rotatable bonds is 12. The quantitative estimate of drug-likeness (QED) is 0.249. The summed E-state index contributed by atoms with van der Waals surface area (Å²) in [6, 6.07) is 15.8. The number of hydrogen-bond acceptors (Lipinski definition) is 9. The molecule has 0 bridgehead atoms. The second-order valence-electron chi connectivity index (χ2n) is 8.40. The zero-order chi connectivity index (χ0) is 28.0. The number of hydrogen-bond donors (Lipinski definition) is 0. The molecule has 0 aliphatic heterocycles. The van der Waals surface area contributed by atoms with Gasteiger partial charge in [0.1, 0.15) is 34.6 Å². The predicted molar refractivity (Wildman–Crippen MR) is 141 cm³/mol. The largest absolute Gasteiger partial charge is 0.497 e. The topological polar surface area (TPSA) is 113 Å². The summed E-state index contributed by atoms with van der Waals surface area (Å²) < 4.78 is 68.9. The SMILES string of the molecule is COc1ccc(CN(Cc2ccc(OC)cc2OC)S(=O)(=O)Cc2nc(-c3ccc(F)cc3)no2)c(OC)c1. The van der Waals surface area contributed by atoms with Gasteiger partial charge >= 0.3 is 0 Å². The van der Waals surface area contributed by atoms with Gasteiger partial charge in [-0.25, -0.2) is 12.8 Å². The van der Waals surface area contributed by atoms with Crippen LogP contribution in [0.5, 0.6) is 23.0 Å². The standard InChI is InChI=1S/C27H28FN3O7S/c1-34-22-11-7-19(24(13-22)36-3)15-31(16-20-8-12-23(35-2)14-25(20)37-4)39(32,33)17-26-29-27(30-38-26)18-5-9-21(28)10-6-18/h5-14H,15-17H2,1-4H3. The van der Waals surface area contributed by atoms with Crippen molar-refractivity contribution in [2.45, 2.75) is 18.8 Å². The van der Waals surface area contributed by atoms with Crippen molar-refractivity contribution in [2.75, 3.05) is 28.4 Å². The minimum Gasteiger partial charge on any atom is -0.497 e. The van der Waals surface area contributed by atoms with Crippen molar-refractivity contribution in [2.24, 2.45) is 0 Å². The van der Waals surface area contributed by atoms with E-state index in [0.29, 0.717) is 39.7 Å². The molecular weight excluding hydrogens is 529 g/mol. The third-order valence-electron chi connectivity index (χ3n) is 5.95. The second kappa shape index (κ2) is 12.1. The molecule has 3 aromatic carbocycles. The van der Waals surface area contributed by atoms with Crippen LogP contribution >= 0.6 is 0 Å². The Hall–Kier alpha value is -4.16. The first-order chi connectivity index (χ1) is 18.8. The molecule has 0 fully saturated rings. The number of nitrogens with zero attached hydrogens (tertiary/aromatic N) is 3. The van der Waals surface area contributed by atoms with E-state index in [0.717, 1.165) is 0 Å². The third kappa shape index (κ3) is 6.65. The van der Waals surface area contributed by atoms with Crippen molar-refractivity contribution in [3.05, 3.63) is 83.5 Å². The molecule has 0 atom stereocenters. The Morgan fingerprint density at radius 1 is 0.795 bits per heavy atom. The average molecular weight is 558 g/mol. The molecule has 0 aliphatic carbocycles. The number of ether oxygens (including phenoxy) is 4. The normalized spacial score (nSPS) is 11.4. The van der Waals surface area contributed by atoms with Gasteiger partial charge in [0, 0.05) is 41.9 Å². The second-order valence-corrected chi connectivity index (χ2v) is 10.4. The van der Waals surface area contributed by atoms with Gasteiger partial charge in [0.2, 0.25) is 21.7 Å². The van der Waals surface area contributed by atoms with E-state index in [1.54, 1.807) is 36.4 Å². The molecule has 39 heavy (non-hydrogen) atoms. The molecule has 0 saturated carbocycles. The molecule has 0 unspecified atom stereocenters. The highest BCUT2D eigenvalue weighted by molar-refractivity contribution is 7.88. The smallest absolute Gasteiger partial charge is 0.243 e. The highest BCUT2D eigenvalue weighted by atomic mass is 32.2. The molecule has 0 aliphatic rings. The van der Waals surface area contributed by atoms with Crippen LogP contribution in [0.1, 0.15) is 17.0 Å². The zero-order valence-corrected chi connectivity index (χ0v) is 22.7. The van der Waals surface area contributed by atoms with Crippen LogP contribution in [0, 0.1) is 5.82 Å². The highest BCUT2D eigenvalue weighted by Crippen LogP contribution is 2.31. The van der Waals surface area contributed by atoms with Gasteiger partial charge in [-0.15, -0.1) is 0 Å². The average Bonchev–Trinajstić information content (AvgIpc) is 3.40. The Morgan fingerprint density at radius 2 is 1.33 bits per heavy atom. The molecule has 4 rings (SSSR count). The molecule has 12 heteroatoms. The summed E-state index contributed by atoms with van der Waals surface area (Å²) in [5.41, 5.74) is 1.73. The van der Waals surface area contributed by atoms with Gasteiger partial charge in [-0.05, 0) is 36.4 Å². The van der Waals surface area contributed by atoms with E-state index in [2.05, 4.69) is 10.1 Å². The molecule has 0 amide bonds. The molecule has 4 aromatic rings. The van der Waals surface area contributed by atoms with E-state index in [1.165, 1.54) is 57.0 Å². The summed E-state index contributed by atoms with van der Waals surface area (Å²) in [5, 5.41) is 3.86. The van der Waals surface area contributed by atoms with Gasteiger partial charge in [0.25, 0.3) is 0 Å². The maximum absolute atomic E-state index is 13.8. The maximum Gasteiger partial charge on any atom is 0.243 e.